The molecule has 0 unspecified atom stereocenters. The van der Waals surface area contributed by atoms with E-state index in [9.17, 15) is 14.0 Å². The fraction of sp³-hybridized carbons (Fsp3) is 0.0455. The molecule has 3 rings (SSSR count). The molecule has 0 heterocycles. The minimum absolute atomic E-state index is 0.143. The molecule has 0 bridgehead atoms. The lowest BCUT2D eigenvalue weighted by atomic mass is 10.2. The Balaban J connectivity index is 1.69. The molecular formula is C22H17FN2O5. The number of anilines is 1. The number of methoxy groups -OCH3 is 1. The van der Waals surface area contributed by atoms with Crippen LogP contribution in [-0.2, 0) is 0 Å². The highest BCUT2D eigenvalue weighted by atomic mass is 19.1. The van der Waals surface area contributed by atoms with E-state index in [1.807, 2.05) is 0 Å². The summed E-state index contributed by atoms with van der Waals surface area (Å²) in [5.41, 5.74) is 4.26. The zero-order valence-corrected chi connectivity index (χ0v) is 15.8. The van der Waals surface area contributed by atoms with E-state index in [0.29, 0.717) is 17.0 Å². The second kappa shape index (κ2) is 9.33. The SMILES string of the molecule is COc1cc(/C=N\Nc2cccc(C(=O)O)c2)ccc1OC(=O)c1ccc(F)cc1. The van der Waals surface area contributed by atoms with Crippen molar-refractivity contribution in [3.63, 3.8) is 0 Å². The lowest BCUT2D eigenvalue weighted by molar-refractivity contribution is 0.0694. The summed E-state index contributed by atoms with van der Waals surface area (Å²) < 4.78 is 23.6. The van der Waals surface area contributed by atoms with Gasteiger partial charge in [0.2, 0.25) is 0 Å². The van der Waals surface area contributed by atoms with Crippen LogP contribution in [-0.4, -0.2) is 30.4 Å². The molecule has 8 heteroatoms. The van der Waals surface area contributed by atoms with Crippen LogP contribution in [0.1, 0.15) is 26.3 Å². The molecule has 0 saturated carbocycles. The van der Waals surface area contributed by atoms with Gasteiger partial charge in [-0.05, 0) is 66.2 Å². The van der Waals surface area contributed by atoms with Crippen molar-refractivity contribution < 1.29 is 28.6 Å². The van der Waals surface area contributed by atoms with Gasteiger partial charge in [-0.15, -0.1) is 0 Å². The van der Waals surface area contributed by atoms with Gasteiger partial charge in [0.05, 0.1) is 30.1 Å². The standard InChI is InChI=1S/C22H17FN2O5/c1-29-20-11-14(13-24-25-18-4-2-3-16(12-18)21(26)27)5-10-19(20)30-22(28)15-6-8-17(23)9-7-15/h2-13,25H,1H3,(H,26,27)/b24-13-. The topological polar surface area (TPSA) is 97.2 Å². The highest BCUT2D eigenvalue weighted by Gasteiger charge is 2.13. The number of halogens is 1. The molecule has 0 fully saturated rings. The molecule has 0 radical (unpaired) electrons. The molecule has 7 nitrogen and oxygen atoms in total. The summed E-state index contributed by atoms with van der Waals surface area (Å²) in [5.74, 6) is -1.61. The van der Waals surface area contributed by atoms with Crippen molar-refractivity contribution >= 4 is 23.8 Å². The van der Waals surface area contributed by atoms with E-state index in [0.717, 1.165) is 0 Å². The summed E-state index contributed by atoms with van der Waals surface area (Å²) in [6.45, 7) is 0. The fourth-order valence-electron chi connectivity index (χ4n) is 2.50. The number of carboxylic acids is 1. The van der Waals surface area contributed by atoms with Crippen LogP contribution in [0, 0.1) is 5.82 Å². The summed E-state index contributed by atoms with van der Waals surface area (Å²) in [5, 5.41) is 13.1. The van der Waals surface area contributed by atoms with Gasteiger partial charge in [-0.25, -0.2) is 14.0 Å². The van der Waals surface area contributed by atoms with Gasteiger partial charge in [0.15, 0.2) is 11.5 Å². The van der Waals surface area contributed by atoms with Gasteiger partial charge in [0.1, 0.15) is 5.82 Å². The predicted molar refractivity (Wildman–Crippen MR) is 109 cm³/mol. The number of nitrogens with one attached hydrogen (secondary N) is 1. The van der Waals surface area contributed by atoms with Gasteiger partial charge in [0, 0.05) is 0 Å². The maximum absolute atomic E-state index is 13.0. The number of aromatic carboxylic acids is 1. The zero-order chi connectivity index (χ0) is 21.5. The smallest absolute Gasteiger partial charge is 0.343 e. The molecule has 0 atom stereocenters. The van der Waals surface area contributed by atoms with E-state index < -0.39 is 17.8 Å². The highest BCUT2D eigenvalue weighted by Crippen LogP contribution is 2.28. The van der Waals surface area contributed by atoms with E-state index in [1.165, 1.54) is 49.7 Å². The van der Waals surface area contributed by atoms with Crippen LogP contribution in [0.15, 0.2) is 71.8 Å². The molecule has 0 aromatic heterocycles. The molecule has 0 aliphatic carbocycles. The number of hydrogen-bond donors (Lipinski definition) is 2. The number of nitrogens with zero attached hydrogens (tertiary/aromatic N) is 1. The maximum atomic E-state index is 13.0. The summed E-state index contributed by atoms with van der Waals surface area (Å²) >= 11 is 0. The van der Waals surface area contributed by atoms with Crippen molar-refractivity contribution in [3.05, 3.63) is 89.2 Å². The Labute approximate surface area is 171 Å². The molecule has 0 amide bonds. The van der Waals surface area contributed by atoms with E-state index in [-0.39, 0.29) is 16.9 Å². The van der Waals surface area contributed by atoms with Gasteiger partial charge in [-0.3, -0.25) is 5.43 Å². The lowest BCUT2D eigenvalue weighted by Gasteiger charge is -2.10. The molecule has 0 aliphatic rings. The first-order chi connectivity index (χ1) is 14.5. The maximum Gasteiger partial charge on any atom is 0.343 e. The quantitative estimate of drug-likeness (QED) is 0.263. The van der Waals surface area contributed by atoms with Gasteiger partial charge < -0.3 is 14.6 Å². The van der Waals surface area contributed by atoms with Crippen LogP contribution in [0.5, 0.6) is 11.5 Å². The largest absolute Gasteiger partial charge is 0.493 e. The van der Waals surface area contributed by atoms with Crippen LogP contribution in [0.2, 0.25) is 0 Å². The van der Waals surface area contributed by atoms with Crippen molar-refractivity contribution in [1.82, 2.24) is 0 Å². The zero-order valence-electron chi connectivity index (χ0n) is 15.8. The number of benzene rings is 3. The lowest BCUT2D eigenvalue weighted by Crippen LogP contribution is -2.09. The van der Waals surface area contributed by atoms with Crippen molar-refractivity contribution in [2.75, 3.05) is 12.5 Å². The van der Waals surface area contributed by atoms with Crippen LogP contribution < -0.4 is 14.9 Å². The normalized spacial score (nSPS) is 10.6. The molecule has 30 heavy (non-hydrogen) atoms. The van der Waals surface area contributed by atoms with Crippen molar-refractivity contribution in [2.45, 2.75) is 0 Å². The summed E-state index contributed by atoms with van der Waals surface area (Å²) in [6.07, 6.45) is 1.50. The van der Waals surface area contributed by atoms with Crippen LogP contribution >= 0.6 is 0 Å². The first-order valence-electron chi connectivity index (χ1n) is 8.74. The minimum Gasteiger partial charge on any atom is -0.493 e. The second-order valence-electron chi connectivity index (χ2n) is 6.06. The molecule has 0 spiro atoms. The summed E-state index contributed by atoms with van der Waals surface area (Å²) in [6, 6.07) is 16.1. The number of ether oxygens (including phenoxy) is 2. The third kappa shape index (κ3) is 5.20. The van der Waals surface area contributed by atoms with Gasteiger partial charge in [0.25, 0.3) is 0 Å². The molecular weight excluding hydrogens is 391 g/mol. The van der Waals surface area contributed by atoms with Crippen molar-refractivity contribution in [1.29, 1.82) is 0 Å². The number of hydrazone groups is 1. The van der Waals surface area contributed by atoms with E-state index in [2.05, 4.69) is 10.5 Å². The first kappa shape index (κ1) is 20.5. The van der Waals surface area contributed by atoms with E-state index in [4.69, 9.17) is 14.6 Å². The predicted octanol–water partition coefficient (Wildman–Crippen LogP) is 4.20. The van der Waals surface area contributed by atoms with Gasteiger partial charge >= 0.3 is 11.9 Å². The number of hydrogen-bond acceptors (Lipinski definition) is 6. The average molecular weight is 408 g/mol. The van der Waals surface area contributed by atoms with Gasteiger partial charge in [-0.1, -0.05) is 6.07 Å². The molecule has 152 valence electrons. The van der Waals surface area contributed by atoms with Gasteiger partial charge in [-0.2, -0.15) is 5.10 Å². The monoisotopic (exact) mass is 408 g/mol. The number of carbonyl (C=O) groups excluding carboxylic acids is 1. The number of esters is 1. The molecule has 3 aromatic rings. The summed E-state index contributed by atoms with van der Waals surface area (Å²) in [4.78, 5) is 23.2. The summed E-state index contributed by atoms with van der Waals surface area (Å²) in [7, 11) is 1.43. The Morgan fingerprint density at radius 1 is 1.00 bits per heavy atom. The molecule has 2 N–H and O–H groups in total. The van der Waals surface area contributed by atoms with E-state index in [1.54, 1.807) is 30.3 Å². The minimum atomic E-state index is -1.03. The third-order valence-corrected chi connectivity index (χ3v) is 3.99. The average Bonchev–Trinajstić information content (AvgIpc) is 2.75. The van der Waals surface area contributed by atoms with Crippen molar-refractivity contribution in [3.8, 4) is 11.5 Å². The fourth-order valence-corrected chi connectivity index (χ4v) is 2.50. The Hall–Kier alpha value is -4.20. The second-order valence-corrected chi connectivity index (χ2v) is 6.06. The Morgan fingerprint density at radius 3 is 2.47 bits per heavy atom. The van der Waals surface area contributed by atoms with Crippen LogP contribution in [0.4, 0.5) is 10.1 Å². The molecule has 0 aliphatic heterocycles. The molecule has 3 aromatic carbocycles. The van der Waals surface area contributed by atoms with Crippen molar-refractivity contribution in [2.24, 2.45) is 5.10 Å². The number of rotatable bonds is 7. The van der Waals surface area contributed by atoms with Crippen LogP contribution in [0.3, 0.4) is 0 Å². The first-order valence-corrected chi connectivity index (χ1v) is 8.74. The Bertz CT molecular complexity index is 1100. The molecule has 0 saturated heterocycles. The Morgan fingerprint density at radius 2 is 1.77 bits per heavy atom. The Kier molecular flexibility index (Phi) is 6.39. The highest BCUT2D eigenvalue weighted by molar-refractivity contribution is 5.91. The van der Waals surface area contributed by atoms with Crippen LogP contribution in [0.25, 0.3) is 0 Å². The number of carbonyl (C=O) groups is 2. The third-order valence-electron chi connectivity index (χ3n) is 3.99. The van der Waals surface area contributed by atoms with E-state index >= 15 is 0 Å². The number of carboxylic acid groups (broad SMARTS) is 1.